The largest absolute Gasteiger partial charge is 0.340 e. The zero-order valence-electron chi connectivity index (χ0n) is 15.2. The molecule has 0 aromatic heterocycles. The Morgan fingerprint density at radius 2 is 1.48 bits per heavy atom. The zero-order chi connectivity index (χ0) is 18.2. The van der Waals surface area contributed by atoms with Crippen LogP contribution in [-0.2, 0) is 0 Å². The van der Waals surface area contributed by atoms with Crippen LogP contribution in [0.1, 0.15) is 28.3 Å². The molecule has 27 heavy (non-hydrogen) atoms. The summed E-state index contributed by atoms with van der Waals surface area (Å²) in [5, 5.41) is 6.07. The molecule has 2 nitrogen and oxygen atoms in total. The molecule has 5 rings (SSSR count). The van der Waals surface area contributed by atoms with Crippen LogP contribution in [0.25, 0.3) is 10.8 Å². The first kappa shape index (κ1) is 15.8. The highest BCUT2D eigenvalue weighted by Gasteiger charge is 2.25. The zero-order valence-corrected chi connectivity index (χ0v) is 15.2. The second-order valence-corrected chi connectivity index (χ2v) is 7.03. The summed E-state index contributed by atoms with van der Waals surface area (Å²) in [5.74, 6) is 0.923. The average molecular weight is 348 g/mol. The topological polar surface area (TPSA) is 24.4 Å². The van der Waals surface area contributed by atoms with Crippen LogP contribution in [0, 0.1) is 6.92 Å². The van der Waals surface area contributed by atoms with Crippen LogP contribution in [0.2, 0.25) is 0 Å². The predicted octanol–water partition coefficient (Wildman–Crippen LogP) is 6.11. The quantitative estimate of drug-likeness (QED) is 0.464. The lowest BCUT2D eigenvalue weighted by molar-refractivity contribution is 0.872. The van der Waals surface area contributed by atoms with E-state index in [1.54, 1.807) is 0 Å². The summed E-state index contributed by atoms with van der Waals surface area (Å²) in [5.41, 5.74) is 5.95. The lowest BCUT2D eigenvalue weighted by atomic mass is 9.91. The third-order valence-corrected chi connectivity index (χ3v) is 5.20. The highest BCUT2D eigenvalue weighted by atomic mass is 15.0. The van der Waals surface area contributed by atoms with Crippen molar-refractivity contribution >= 4 is 22.3 Å². The van der Waals surface area contributed by atoms with E-state index in [0.717, 1.165) is 17.1 Å². The van der Waals surface area contributed by atoms with E-state index in [9.17, 15) is 0 Å². The van der Waals surface area contributed by atoms with Crippen molar-refractivity contribution in [2.75, 3.05) is 5.32 Å². The molecule has 0 bridgehead atoms. The third kappa shape index (κ3) is 2.80. The molecule has 0 spiro atoms. The summed E-state index contributed by atoms with van der Waals surface area (Å²) in [4.78, 5) is 5.15. The van der Waals surface area contributed by atoms with E-state index in [-0.39, 0.29) is 6.04 Å². The van der Waals surface area contributed by atoms with Crippen molar-refractivity contribution < 1.29 is 0 Å². The van der Waals surface area contributed by atoms with Crippen LogP contribution in [-0.4, -0.2) is 5.84 Å². The van der Waals surface area contributed by atoms with Gasteiger partial charge in [-0.05, 0) is 29.3 Å². The monoisotopic (exact) mass is 348 g/mol. The molecule has 4 aromatic carbocycles. The minimum absolute atomic E-state index is 0.0233. The Hall–Kier alpha value is -3.39. The molecule has 1 aliphatic rings. The number of fused-ring (bicyclic) bond motifs is 3. The van der Waals surface area contributed by atoms with Crippen LogP contribution < -0.4 is 5.32 Å². The molecule has 0 saturated heterocycles. The molecule has 0 radical (unpaired) electrons. The summed E-state index contributed by atoms with van der Waals surface area (Å²) in [6, 6.07) is 32.0. The van der Waals surface area contributed by atoms with Crippen molar-refractivity contribution in [1.29, 1.82) is 0 Å². The third-order valence-electron chi connectivity index (χ3n) is 5.20. The Bertz CT molecular complexity index is 1140. The fourth-order valence-corrected chi connectivity index (χ4v) is 3.79. The van der Waals surface area contributed by atoms with E-state index in [0.29, 0.717) is 0 Å². The number of anilines is 1. The molecule has 1 heterocycles. The average Bonchev–Trinajstić information content (AvgIpc) is 2.74. The van der Waals surface area contributed by atoms with Gasteiger partial charge in [-0.2, -0.15) is 0 Å². The molecular weight excluding hydrogens is 328 g/mol. The Balaban J connectivity index is 1.74. The fourth-order valence-electron chi connectivity index (χ4n) is 3.79. The first-order valence-electron chi connectivity index (χ1n) is 9.28. The number of rotatable bonds is 2. The molecule has 1 atom stereocenters. The predicted molar refractivity (Wildman–Crippen MR) is 114 cm³/mol. The number of benzene rings is 4. The van der Waals surface area contributed by atoms with E-state index in [1.807, 2.05) is 0 Å². The van der Waals surface area contributed by atoms with Gasteiger partial charge < -0.3 is 5.32 Å². The van der Waals surface area contributed by atoms with Crippen molar-refractivity contribution in [3.8, 4) is 0 Å². The van der Waals surface area contributed by atoms with Crippen molar-refractivity contribution in [3.63, 3.8) is 0 Å². The SMILES string of the molecule is Cc1ccc(C2=NC(c3ccccc3)c3c(ccc4ccccc34)N2)cc1. The van der Waals surface area contributed by atoms with E-state index in [2.05, 4.69) is 103 Å². The molecule has 1 aliphatic heterocycles. The number of nitrogens with zero attached hydrogens (tertiary/aromatic N) is 1. The molecule has 4 aromatic rings. The lowest BCUT2D eigenvalue weighted by Gasteiger charge is -2.27. The number of hydrogen-bond donors (Lipinski definition) is 1. The first-order chi connectivity index (χ1) is 13.3. The van der Waals surface area contributed by atoms with Gasteiger partial charge >= 0.3 is 0 Å². The lowest BCUT2D eigenvalue weighted by Crippen LogP contribution is -2.22. The van der Waals surface area contributed by atoms with Crippen LogP contribution in [0.15, 0.2) is 96.0 Å². The van der Waals surface area contributed by atoms with Crippen LogP contribution >= 0.6 is 0 Å². The van der Waals surface area contributed by atoms with E-state index in [1.165, 1.54) is 27.5 Å². The van der Waals surface area contributed by atoms with Gasteiger partial charge in [0, 0.05) is 16.8 Å². The van der Waals surface area contributed by atoms with Crippen molar-refractivity contribution in [1.82, 2.24) is 0 Å². The van der Waals surface area contributed by atoms with Crippen LogP contribution in [0.5, 0.6) is 0 Å². The molecule has 0 amide bonds. The number of amidine groups is 1. The number of aryl methyl sites for hydroxylation is 1. The maximum atomic E-state index is 5.15. The summed E-state index contributed by atoms with van der Waals surface area (Å²) < 4.78 is 0. The second kappa shape index (κ2) is 6.40. The van der Waals surface area contributed by atoms with Gasteiger partial charge in [0.2, 0.25) is 0 Å². The van der Waals surface area contributed by atoms with Gasteiger partial charge in [0.1, 0.15) is 11.9 Å². The Morgan fingerprint density at radius 3 is 2.30 bits per heavy atom. The smallest absolute Gasteiger partial charge is 0.133 e. The van der Waals surface area contributed by atoms with Gasteiger partial charge in [-0.15, -0.1) is 0 Å². The Kier molecular flexibility index (Phi) is 3.75. The number of nitrogens with one attached hydrogen (secondary N) is 1. The maximum absolute atomic E-state index is 5.15. The summed E-state index contributed by atoms with van der Waals surface area (Å²) in [6.45, 7) is 2.11. The Labute approximate surface area is 159 Å². The minimum Gasteiger partial charge on any atom is -0.340 e. The molecule has 1 unspecified atom stereocenters. The number of hydrogen-bond acceptors (Lipinski definition) is 2. The van der Waals surface area contributed by atoms with Gasteiger partial charge in [-0.3, -0.25) is 4.99 Å². The number of aliphatic imine (C=N–C) groups is 1. The van der Waals surface area contributed by atoms with Gasteiger partial charge in [0.25, 0.3) is 0 Å². The summed E-state index contributed by atoms with van der Waals surface area (Å²) in [6.07, 6.45) is 0. The fraction of sp³-hybridized carbons (Fsp3) is 0.0800. The van der Waals surface area contributed by atoms with Crippen molar-refractivity contribution in [2.24, 2.45) is 4.99 Å². The molecule has 130 valence electrons. The highest BCUT2D eigenvalue weighted by molar-refractivity contribution is 6.11. The van der Waals surface area contributed by atoms with Gasteiger partial charge in [-0.25, -0.2) is 0 Å². The molecular formula is C25H20N2. The van der Waals surface area contributed by atoms with Gasteiger partial charge in [0.05, 0.1) is 0 Å². The van der Waals surface area contributed by atoms with Crippen LogP contribution in [0.4, 0.5) is 5.69 Å². The molecule has 1 N–H and O–H groups in total. The van der Waals surface area contributed by atoms with Gasteiger partial charge in [0.15, 0.2) is 0 Å². The Morgan fingerprint density at radius 1 is 0.741 bits per heavy atom. The maximum Gasteiger partial charge on any atom is 0.133 e. The molecule has 0 fully saturated rings. The van der Waals surface area contributed by atoms with E-state index < -0.39 is 0 Å². The first-order valence-corrected chi connectivity index (χ1v) is 9.28. The van der Waals surface area contributed by atoms with E-state index >= 15 is 0 Å². The summed E-state index contributed by atoms with van der Waals surface area (Å²) in [7, 11) is 0. The highest BCUT2D eigenvalue weighted by Crippen LogP contribution is 2.40. The van der Waals surface area contributed by atoms with Crippen molar-refractivity contribution in [2.45, 2.75) is 13.0 Å². The second-order valence-electron chi connectivity index (χ2n) is 7.03. The van der Waals surface area contributed by atoms with E-state index in [4.69, 9.17) is 4.99 Å². The normalized spacial score (nSPS) is 15.7. The van der Waals surface area contributed by atoms with Crippen molar-refractivity contribution in [3.05, 3.63) is 113 Å². The standard InChI is InChI=1S/C25H20N2/c1-17-11-13-20(14-12-17)25-26-22-16-15-18-7-5-6-10-21(18)23(22)24(27-25)19-8-3-2-4-9-19/h2-16,24H,1H3,(H,26,27). The van der Waals surface area contributed by atoms with Crippen LogP contribution in [0.3, 0.4) is 0 Å². The molecule has 0 saturated carbocycles. The van der Waals surface area contributed by atoms with Gasteiger partial charge in [-0.1, -0.05) is 90.5 Å². The summed E-state index contributed by atoms with van der Waals surface area (Å²) >= 11 is 0. The minimum atomic E-state index is -0.0233. The molecule has 2 heteroatoms. The molecule has 0 aliphatic carbocycles.